The van der Waals surface area contributed by atoms with Crippen LogP contribution in [0, 0.1) is 5.82 Å². The minimum absolute atomic E-state index is 0.0229. The molecule has 3 rings (SSSR count). The van der Waals surface area contributed by atoms with Gasteiger partial charge in [-0.05, 0) is 48.0 Å². The molecule has 0 heterocycles. The standard InChI is InChI=1S/C23H23FN2O4S/c1-31(28,29)26(21-7-5-6-20(24)16-21)17-18-10-12-19(13-11-18)23(27)25-14-15-30-22-8-3-2-4-9-22/h2-13,16H,14-15,17H2,1H3,(H,25,27). The maximum absolute atomic E-state index is 13.5. The van der Waals surface area contributed by atoms with E-state index >= 15 is 0 Å². The number of hydrogen-bond acceptors (Lipinski definition) is 4. The van der Waals surface area contributed by atoms with Crippen LogP contribution in [0.1, 0.15) is 15.9 Å². The number of sulfonamides is 1. The van der Waals surface area contributed by atoms with Crippen LogP contribution in [0.2, 0.25) is 0 Å². The SMILES string of the molecule is CS(=O)(=O)N(Cc1ccc(C(=O)NCCOc2ccccc2)cc1)c1cccc(F)c1. The van der Waals surface area contributed by atoms with E-state index < -0.39 is 15.8 Å². The minimum atomic E-state index is -3.62. The van der Waals surface area contributed by atoms with E-state index in [4.69, 9.17) is 4.74 Å². The predicted octanol–water partition coefficient (Wildman–Crippen LogP) is 3.60. The second kappa shape index (κ2) is 10.1. The summed E-state index contributed by atoms with van der Waals surface area (Å²) in [6, 6.07) is 21.3. The zero-order chi connectivity index (χ0) is 22.3. The summed E-state index contributed by atoms with van der Waals surface area (Å²) in [5.74, 6) is -0.0439. The van der Waals surface area contributed by atoms with Crippen molar-refractivity contribution >= 4 is 21.6 Å². The Hall–Kier alpha value is -3.39. The number of benzene rings is 3. The third-order valence-electron chi connectivity index (χ3n) is 4.44. The lowest BCUT2D eigenvalue weighted by Gasteiger charge is -2.22. The largest absolute Gasteiger partial charge is 0.492 e. The number of anilines is 1. The van der Waals surface area contributed by atoms with Gasteiger partial charge in [0.25, 0.3) is 5.91 Å². The average molecular weight is 443 g/mol. The Morgan fingerprint density at radius 2 is 1.71 bits per heavy atom. The number of amides is 1. The molecule has 0 aliphatic rings. The second-order valence-electron chi connectivity index (χ2n) is 6.86. The van der Waals surface area contributed by atoms with E-state index in [2.05, 4.69) is 5.32 Å². The highest BCUT2D eigenvalue weighted by atomic mass is 32.2. The van der Waals surface area contributed by atoms with Crippen LogP contribution in [-0.2, 0) is 16.6 Å². The van der Waals surface area contributed by atoms with Crippen LogP contribution in [0.15, 0.2) is 78.9 Å². The molecule has 8 heteroatoms. The van der Waals surface area contributed by atoms with E-state index in [9.17, 15) is 17.6 Å². The Morgan fingerprint density at radius 1 is 1.00 bits per heavy atom. The highest BCUT2D eigenvalue weighted by Gasteiger charge is 2.18. The Kier molecular flexibility index (Phi) is 7.25. The molecular weight excluding hydrogens is 419 g/mol. The third kappa shape index (κ3) is 6.55. The van der Waals surface area contributed by atoms with Crippen molar-refractivity contribution in [3.05, 3.63) is 95.8 Å². The molecule has 0 spiro atoms. The summed E-state index contributed by atoms with van der Waals surface area (Å²) in [4.78, 5) is 12.3. The quantitative estimate of drug-likeness (QED) is 0.514. The fourth-order valence-electron chi connectivity index (χ4n) is 2.91. The van der Waals surface area contributed by atoms with Gasteiger partial charge < -0.3 is 10.1 Å². The molecule has 31 heavy (non-hydrogen) atoms. The normalized spacial score (nSPS) is 11.0. The Morgan fingerprint density at radius 3 is 2.35 bits per heavy atom. The molecule has 6 nitrogen and oxygen atoms in total. The van der Waals surface area contributed by atoms with Crippen LogP contribution >= 0.6 is 0 Å². The van der Waals surface area contributed by atoms with Gasteiger partial charge in [-0.15, -0.1) is 0 Å². The summed E-state index contributed by atoms with van der Waals surface area (Å²) >= 11 is 0. The fraction of sp³-hybridized carbons (Fsp3) is 0.174. The number of para-hydroxylation sites is 1. The Labute approximate surface area is 181 Å². The highest BCUT2D eigenvalue weighted by molar-refractivity contribution is 7.92. The van der Waals surface area contributed by atoms with Crippen molar-refractivity contribution in [2.45, 2.75) is 6.54 Å². The molecule has 0 bridgehead atoms. The molecule has 0 aliphatic heterocycles. The molecule has 0 fully saturated rings. The number of nitrogens with one attached hydrogen (secondary N) is 1. The van der Waals surface area contributed by atoms with Crippen molar-refractivity contribution in [3.63, 3.8) is 0 Å². The first-order valence-electron chi connectivity index (χ1n) is 9.61. The molecule has 1 amide bonds. The topological polar surface area (TPSA) is 75.7 Å². The van der Waals surface area contributed by atoms with Gasteiger partial charge in [-0.25, -0.2) is 12.8 Å². The van der Waals surface area contributed by atoms with Gasteiger partial charge in [-0.3, -0.25) is 9.10 Å². The summed E-state index contributed by atoms with van der Waals surface area (Å²) in [6.07, 6.45) is 1.07. The lowest BCUT2D eigenvalue weighted by molar-refractivity contribution is 0.0947. The lowest BCUT2D eigenvalue weighted by atomic mass is 10.1. The molecule has 0 saturated heterocycles. The van der Waals surface area contributed by atoms with Crippen LogP contribution in [0.5, 0.6) is 5.75 Å². The van der Waals surface area contributed by atoms with Crippen molar-refractivity contribution in [2.24, 2.45) is 0 Å². The number of halogens is 1. The predicted molar refractivity (Wildman–Crippen MR) is 118 cm³/mol. The molecule has 0 unspecified atom stereocenters. The average Bonchev–Trinajstić information content (AvgIpc) is 2.75. The molecule has 0 aromatic heterocycles. The molecule has 0 saturated carbocycles. The summed E-state index contributed by atoms with van der Waals surface area (Å²) in [5, 5.41) is 2.77. The van der Waals surface area contributed by atoms with E-state index in [1.807, 2.05) is 30.3 Å². The molecule has 0 aliphatic carbocycles. The molecule has 3 aromatic carbocycles. The first-order chi connectivity index (χ1) is 14.8. The van der Waals surface area contributed by atoms with E-state index in [1.165, 1.54) is 24.3 Å². The summed E-state index contributed by atoms with van der Waals surface area (Å²) < 4.78 is 44.6. The van der Waals surface area contributed by atoms with E-state index in [0.717, 1.165) is 16.3 Å². The van der Waals surface area contributed by atoms with Gasteiger partial charge in [0.1, 0.15) is 18.2 Å². The molecule has 1 N–H and O–H groups in total. The van der Waals surface area contributed by atoms with Crippen molar-refractivity contribution in [1.29, 1.82) is 0 Å². The van der Waals surface area contributed by atoms with Gasteiger partial charge in [0.15, 0.2) is 0 Å². The lowest BCUT2D eigenvalue weighted by Crippen LogP contribution is -2.29. The first kappa shape index (κ1) is 22.3. The maximum Gasteiger partial charge on any atom is 0.251 e. The van der Waals surface area contributed by atoms with E-state index in [1.54, 1.807) is 24.3 Å². The molecule has 0 radical (unpaired) electrons. The van der Waals surface area contributed by atoms with Gasteiger partial charge in [-0.1, -0.05) is 36.4 Å². The van der Waals surface area contributed by atoms with Crippen LogP contribution in [0.25, 0.3) is 0 Å². The van der Waals surface area contributed by atoms with E-state index in [-0.39, 0.29) is 18.1 Å². The first-order valence-corrected chi connectivity index (χ1v) is 11.5. The van der Waals surface area contributed by atoms with Gasteiger partial charge in [-0.2, -0.15) is 0 Å². The smallest absolute Gasteiger partial charge is 0.251 e. The monoisotopic (exact) mass is 442 g/mol. The van der Waals surface area contributed by atoms with E-state index in [0.29, 0.717) is 24.3 Å². The molecule has 162 valence electrons. The number of carbonyl (C=O) groups is 1. The Bertz CT molecular complexity index is 1120. The zero-order valence-electron chi connectivity index (χ0n) is 17.0. The van der Waals surface area contributed by atoms with Crippen LogP contribution < -0.4 is 14.4 Å². The number of ether oxygens (including phenoxy) is 1. The van der Waals surface area contributed by atoms with Gasteiger partial charge in [0.05, 0.1) is 25.0 Å². The van der Waals surface area contributed by atoms with Gasteiger partial charge in [0, 0.05) is 5.56 Å². The number of nitrogens with zero attached hydrogens (tertiary/aromatic N) is 1. The number of carbonyl (C=O) groups excluding carboxylic acids is 1. The molecule has 3 aromatic rings. The van der Waals surface area contributed by atoms with Crippen LogP contribution in [0.3, 0.4) is 0 Å². The molecular formula is C23H23FN2O4S. The van der Waals surface area contributed by atoms with Crippen molar-refractivity contribution in [3.8, 4) is 5.75 Å². The van der Waals surface area contributed by atoms with Crippen LogP contribution in [0.4, 0.5) is 10.1 Å². The summed E-state index contributed by atoms with van der Waals surface area (Å²) in [7, 11) is -3.62. The molecule has 0 atom stereocenters. The fourth-order valence-corrected chi connectivity index (χ4v) is 3.79. The van der Waals surface area contributed by atoms with Gasteiger partial charge >= 0.3 is 0 Å². The maximum atomic E-state index is 13.5. The Balaban J connectivity index is 1.58. The van der Waals surface area contributed by atoms with Crippen molar-refractivity contribution in [1.82, 2.24) is 5.32 Å². The summed E-state index contributed by atoms with van der Waals surface area (Å²) in [5.41, 5.74) is 1.35. The van der Waals surface area contributed by atoms with Gasteiger partial charge in [0.2, 0.25) is 10.0 Å². The van der Waals surface area contributed by atoms with Crippen molar-refractivity contribution < 1.29 is 22.3 Å². The second-order valence-corrected chi connectivity index (χ2v) is 8.77. The zero-order valence-corrected chi connectivity index (χ0v) is 17.8. The van der Waals surface area contributed by atoms with Crippen molar-refractivity contribution in [2.75, 3.05) is 23.7 Å². The minimum Gasteiger partial charge on any atom is -0.492 e. The highest BCUT2D eigenvalue weighted by Crippen LogP contribution is 2.21. The third-order valence-corrected chi connectivity index (χ3v) is 5.58. The van der Waals surface area contributed by atoms with Crippen LogP contribution in [-0.4, -0.2) is 33.7 Å². The number of hydrogen-bond donors (Lipinski definition) is 1. The number of rotatable bonds is 9. The summed E-state index contributed by atoms with van der Waals surface area (Å²) in [6.45, 7) is 0.705.